The van der Waals surface area contributed by atoms with Gasteiger partial charge in [0.15, 0.2) is 0 Å². The van der Waals surface area contributed by atoms with Crippen molar-refractivity contribution in [2.75, 3.05) is 6.61 Å². The summed E-state index contributed by atoms with van der Waals surface area (Å²) in [4.78, 5) is 31.9. The van der Waals surface area contributed by atoms with Gasteiger partial charge < -0.3 is 9.47 Å². The van der Waals surface area contributed by atoms with Crippen LogP contribution < -0.4 is 0 Å². The van der Waals surface area contributed by atoms with Crippen molar-refractivity contribution in [3.05, 3.63) is 89.1 Å². The summed E-state index contributed by atoms with van der Waals surface area (Å²) in [6.45, 7) is 4.66. The molecule has 2 heterocycles. The second-order valence-electron chi connectivity index (χ2n) is 7.95. The van der Waals surface area contributed by atoms with E-state index in [1.165, 1.54) is 0 Å². The van der Waals surface area contributed by atoms with E-state index < -0.39 is 6.09 Å². The Kier molecular flexibility index (Phi) is 7.03. The minimum absolute atomic E-state index is 0.202. The maximum absolute atomic E-state index is 13.1. The van der Waals surface area contributed by atoms with E-state index in [4.69, 9.17) is 14.5 Å². The number of fused-ring (bicyclic) bond motifs is 2. The van der Waals surface area contributed by atoms with Gasteiger partial charge in [0.25, 0.3) is 0 Å². The molecule has 3 aromatic rings. The highest BCUT2D eigenvalue weighted by Crippen LogP contribution is 2.37. The number of rotatable bonds is 7. The first-order valence-corrected chi connectivity index (χ1v) is 11.3. The molecule has 1 aliphatic heterocycles. The molecule has 0 aliphatic carbocycles. The molecule has 0 fully saturated rings. The molecule has 1 unspecified atom stereocenters. The number of esters is 1. The van der Waals surface area contributed by atoms with E-state index in [9.17, 15) is 9.59 Å². The van der Waals surface area contributed by atoms with E-state index in [2.05, 4.69) is 6.07 Å². The van der Waals surface area contributed by atoms with Crippen LogP contribution in [0.5, 0.6) is 0 Å². The number of ether oxygens (including phenoxy) is 2. The second-order valence-corrected chi connectivity index (χ2v) is 7.95. The molecule has 1 aromatic heterocycles. The third-order valence-corrected chi connectivity index (χ3v) is 5.81. The lowest BCUT2D eigenvalue weighted by atomic mass is 10.0. The number of carbonyl (C=O) groups is 2. The van der Waals surface area contributed by atoms with Gasteiger partial charge in [0.1, 0.15) is 6.61 Å². The summed E-state index contributed by atoms with van der Waals surface area (Å²) < 4.78 is 10.8. The number of benzene rings is 2. The van der Waals surface area contributed by atoms with E-state index in [1.807, 2.05) is 67.6 Å². The van der Waals surface area contributed by atoms with Gasteiger partial charge in [-0.2, -0.15) is 0 Å². The third-order valence-electron chi connectivity index (χ3n) is 5.81. The number of aromatic nitrogens is 1. The van der Waals surface area contributed by atoms with Crippen LogP contribution >= 0.6 is 0 Å². The standard InChI is InChI=1S/C27H28N2O4/c1-3-20(26(30)32-4-2)14-15-24-25-22(16-21-12-8-9-13-23(21)28-25)17-29(24)27(31)33-18-19-10-6-5-7-11-19/h5-14,16,24H,3-4,15,17-18H2,1-2H3/b20-14+. The molecule has 0 radical (unpaired) electrons. The Morgan fingerprint density at radius 3 is 2.58 bits per heavy atom. The molecule has 33 heavy (non-hydrogen) atoms. The van der Waals surface area contributed by atoms with Crippen LogP contribution in [0.3, 0.4) is 0 Å². The van der Waals surface area contributed by atoms with Crippen molar-refractivity contribution in [2.24, 2.45) is 0 Å². The Morgan fingerprint density at radius 2 is 1.82 bits per heavy atom. The monoisotopic (exact) mass is 444 g/mol. The highest BCUT2D eigenvalue weighted by atomic mass is 16.6. The predicted octanol–water partition coefficient (Wildman–Crippen LogP) is 5.72. The largest absolute Gasteiger partial charge is 0.463 e. The van der Waals surface area contributed by atoms with Gasteiger partial charge in [-0.3, -0.25) is 9.88 Å². The SMILES string of the molecule is CCOC(=O)/C(=C/CC1c2nc3ccccc3cc2CN1C(=O)OCc1ccccc1)CC. The van der Waals surface area contributed by atoms with Crippen LogP contribution in [0.15, 0.2) is 72.3 Å². The zero-order chi connectivity index (χ0) is 23.2. The van der Waals surface area contributed by atoms with Gasteiger partial charge in [-0.1, -0.05) is 61.5 Å². The fourth-order valence-corrected chi connectivity index (χ4v) is 4.11. The predicted molar refractivity (Wildman–Crippen MR) is 126 cm³/mol. The van der Waals surface area contributed by atoms with E-state index >= 15 is 0 Å². The van der Waals surface area contributed by atoms with Gasteiger partial charge in [-0.05, 0) is 43.0 Å². The van der Waals surface area contributed by atoms with Crippen molar-refractivity contribution in [1.29, 1.82) is 0 Å². The van der Waals surface area contributed by atoms with Crippen molar-refractivity contribution < 1.29 is 19.1 Å². The minimum Gasteiger partial charge on any atom is -0.463 e. The summed E-state index contributed by atoms with van der Waals surface area (Å²) in [5.74, 6) is -0.317. The molecular formula is C27H28N2O4. The minimum atomic E-state index is -0.395. The molecule has 4 rings (SSSR count). The highest BCUT2D eigenvalue weighted by molar-refractivity contribution is 5.88. The molecule has 1 amide bonds. The zero-order valence-corrected chi connectivity index (χ0v) is 19.0. The quantitative estimate of drug-likeness (QED) is 0.344. The average molecular weight is 445 g/mol. The normalized spacial score (nSPS) is 15.4. The summed E-state index contributed by atoms with van der Waals surface area (Å²) >= 11 is 0. The Hall–Kier alpha value is -3.67. The molecule has 0 saturated heterocycles. The summed E-state index contributed by atoms with van der Waals surface area (Å²) in [5, 5.41) is 1.03. The highest BCUT2D eigenvalue weighted by Gasteiger charge is 2.35. The van der Waals surface area contributed by atoms with E-state index in [0.717, 1.165) is 27.7 Å². The number of para-hydroxylation sites is 1. The Morgan fingerprint density at radius 1 is 1.06 bits per heavy atom. The van der Waals surface area contributed by atoms with Crippen molar-refractivity contribution >= 4 is 23.0 Å². The van der Waals surface area contributed by atoms with Crippen molar-refractivity contribution in [2.45, 2.75) is 45.9 Å². The summed E-state index contributed by atoms with van der Waals surface area (Å²) in [6.07, 6.45) is 2.49. The summed E-state index contributed by atoms with van der Waals surface area (Å²) in [6, 6.07) is 19.3. The van der Waals surface area contributed by atoms with Gasteiger partial charge in [-0.15, -0.1) is 0 Å². The van der Waals surface area contributed by atoms with Crippen molar-refractivity contribution in [1.82, 2.24) is 9.88 Å². The number of pyridine rings is 1. The molecule has 0 spiro atoms. The van der Waals surface area contributed by atoms with E-state index in [1.54, 1.807) is 11.8 Å². The average Bonchev–Trinajstić information content (AvgIpc) is 3.19. The number of nitrogens with zero attached hydrogens (tertiary/aromatic N) is 2. The molecule has 0 N–H and O–H groups in total. The topological polar surface area (TPSA) is 68.7 Å². The van der Waals surface area contributed by atoms with Gasteiger partial charge in [0.2, 0.25) is 0 Å². The molecule has 0 saturated carbocycles. The van der Waals surface area contributed by atoms with Crippen LogP contribution in [0.1, 0.15) is 49.6 Å². The molecule has 2 aromatic carbocycles. The number of amides is 1. The molecule has 1 atom stereocenters. The molecular weight excluding hydrogens is 416 g/mol. The molecule has 0 bridgehead atoms. The summed E-state index contributed by atoms with van der Waals surface area (Å²) in [5.41, 5.74) is 4.26. The molecule has 6 nitrogen and oxygen atoms in total. The van der Waals surface area contributed by atoms with Gasteiger partial charge in [0.05, 0.1) is 30.4 Å². The fourth-order valence-electron chi connectivity index (χ4n) is 4.11. The Balaban J connectivity index is 1.61. The first-order valence-electron chi connectivity index (χ1n) is 11.3. The maximum atomic E-state index is 13.1. The smallest absolute Gasteiger partial charge is 0.410 e. The Labute approximate surface area is 193 Å². The van der Waals surface area contributed by atoms with Crippen molar-refractivity contribution in [3.63, 3.8) is 0 Å². The fraction of sp³-hybridized carbons (Fsp3) is 0.296. The second kappa shape index (κ2) is 10.3. The van der Waals surface area contributed by atoms with E-state index in [0.29, 0.717) is 31.6 Å². The maximum Gasteiger partial charge on any atom is 0.410 e. The van der Waals surface area contributed by atoms with Gasteiger partial charge >= 0.3 is 12.1 Å². The van der Waals surface area contributed by atoms with Crippen LogP contribution in [-0.2, 0) is 27.4 Å². The van der Waals surface area contributed by atoms with E-state index in [-0.39, 0.29) is 18.6 Å². The lowest BCUT2D eigenvalue weighted by Gasteiger charge is -2.23. The molecule has 170 valence electrons. The Bertz CT molecular complexity index is 1170. The van der Waals surface area contributed by atoms with Crippen LogP contribution in [0.2, 0.25) is 0 Å². The van der Waals surface area contributed by atoms with Crippen LogP contribution in [0.4, 0.5) is 4.79 Å². The van der Waals surface area contributed by atoms with Crippen LogP contribution in [0, 0.1) is 0 Å². The van der Waals surface area contributed by atoms with Crippen LogP contribution in [-0.4, -0.2) is 28.6 Å². The summed E-state index contributed by atoms with van der Waals surface area (Å²) in [7, 11) is 0. The first-order chi connectivity index (χ1) is 16.1. The van der Waals surface area contributed by atoms with Crippen molar-refractivity contribution in [3.8, 4) is 0 Å². The van der Waals surface area contributed by atoms with Crippen LogP contribution in [0.25, 0.3) is 10.9 Å². The number of hydrogen-bond acceptors (Lipinski definition) is 5. The van der Waals surface area contributed by atoms with Gasteiger partial charge in [-0.25, -0.2) is 9.59 Å². The van der Waals surface area contributed by atoms with Gasteiger partial charge in [0, 0.05) is 11.0 Å². The zero-order valence-electron chi connectivity index (χ0n) is 19.0. The number of hydrogen-bond donors (Lipinski definition) is 0. The first kappa shape index (κ1) is 22.5. The lowest BCUT2D eigenvalue weighted by Crippen LogP contribution is -2.30. The molecule has 6 heteroatoms. The number of carbonyl (C=O) groups excluding carboxylic acids is 2. The molecule has 1 aliphatic rings. The lowest BCUT2D eigenvalue weighted by molar-refractivity contribution is -0.138. The third kappa shape index (κ3) is 5.06.